The molecular weight excluding hydrogens is 220 g/mol. The zero-order chi connectivity index (χ0) is 12.1. The molecule has 0 aliphatic heterocycles. The second-order valence-electron chi connectivity index (χ2n) is 3.11. The number of ether oxygens (including phenoxy) is 1. The number of hydrogen-bond donors (Lipinski definition) is 0. The van der Waals surface area contributed by atoms with Crippen molar-refractivity contribution < 1.29 is 14.3 Å². The Morgan fingerprint density at radius 3 is 1.65 bits per heavy atom. The number of pyridine rings is 2. The Kier molecular flexibility index (Phi) is 3.20. The molecule has 2 aromatic rings. The van der Waals surface area contributed by atoms with Crippen molar-refractivity contribution in [2.45, 2.75) is 0 Å². The number of aromatic nitrogens is 2. The van der Waals surface area contributed by atoms with Crippen LogP contribution >= 0.6 is 0 Å². The Morgan fingerprint density at radius 1 is 0.824 bits per heavy atom. The van der Waals surface area contributed by atoms with E-state index >= 15 is 0 Å². The van der Waals surface area contributed by atoms with E-state index in [4.69, 9.17) is 0 Å². The molecule has 17 heavy (non-hydrogen) atoms. The van der Waals surface area contributed by atoms with Crippen LogP contribution in [0.1, 0.15) is 21.0 Å². The van der Waals surface area contributed by atoms with E-state index in [1.54, 1.807) is 24.3 Å². The van der Waals surface area contributed by atoms with Gasteiger partial charge in [0.15, 0.2) is 0 Å². The van der Waals surface area contributed by atoms with Gasteiger partial charge in [-0.2, -0.15) is 0 Å². The Balaban J connectivity index is 2.08. The van der Waals surface area contributed by atoms with Crippen LogP contribution in [-0.2, 0) is 4.74 Å². The lowest BCUT2D eigenvalue weighted by Crippen LogP contribution is -2.14. The van der Waals surface area contributed by atoms with Crippen molar-refractivity contribution in [2.75, 3.05) is 0 Å². The Labute approximate surface area is 97.1 Å². The maximum atomic E-state index is 11.5. The SMILES string of the molecule is O=C(OC(=O)c1ccccn1)c1ccccn1. The number of rotatable bonds is 2. The lowest BCUT2D eigenvalue weighted by atomic mass is 10.3. The van der Waals surface area contributed by atoms with Crippen LogP contribution in [-0.4, -0.2) is 21.9 Å². The molecule has 0 unspecified atom stereocenters. The third-order valence-corrected chi connectivity index (χ3v) is 1.93. The second kappa shape index (κ2) is 4.98. The van der Waals surface area contributed by atoms with Gasteiger partial charge in [-0.25, -0.2) is 19.6 Å². The number of carbonyl (C=O) groups is 2. The monoisotopic (exact) mass is 228 g/mol. The Bertz CT molecular complexity index is 476. The zero-order valence-electron chi connectivity index (χ0n) is 8.74. The molecule has 5 nitrogen and oxygen atoms in total. The molecular formula is C12H8N2O3. The van der Waals surface area contributed by atoms with Crippen LogP contribution < -0.4 is 0 Å². The summed E-state index contributed by atoms with van der Waals surface area (Å²) in [6.45, 7) is 0. The first-order chi connectivity index (χ1) is 8.27. The maximum absolute atomic E-state index is 11.5. The van der Waals surface area contributed by atoms with Crippen LogP contribution in [0.5, 0.6) is 0 Å². The molecule has 0 aromatic carbocycles. The molecule has 0 radical (unpaired) electrons. The molecule has 0 saturated carbocycles. The predicted molar refractivity (Wildman–Crippen MR) is 58.2 cm³/mol. The third-order valence-electron chi connectivity index (χ3n) is 1.93. The molecule has 0 N–H and O–H groups in total. The first kappa shape index (κ1) is 10.9. The lowest BCUT2D eigenvalue weighted by molar-refractivity contribution is 0.0389. The third kappa shape index (κ3) is 2.72. The number of carbonyl (C=O) groups excluding carboxylic acids is 2. The van der Waals surface area contributed by atoms with Crippen LogP contribution in [0.25, 0.3) is 0 Å². The quantitative estimate of drug-likeness (QED) is 0.575. The predicted octanol–water partition coefficient (Wildman–Crippen LogP) is 1.47. The van der Waals surface area contributed by atoms with Gasteiger partial charge < -0.3 is 4.74 Å². The molecule has 0 aliphatic rings. The van der Waals surface area contributed by atoms with Crippen molar-refractivity contribution in [3.63, 3.8) is 0 Å². The summed E-state index contributed by atoms with van der Waals surface area (Å²) in [6, 6.07) is 9.53. The first-order valence-electron chi connectivity index (χ1n) is 4.86. The van der Waals surface area contributed by atoms with Gasteiger partial charge in [0, 0.05) is 12.4 Å². The van der Waals surface area contributed by atoms with Gasteiger partial charge in [0.05, 0.1) is 0 Å². The molecule has 0 bridgehead atoms. The summed E-state index contributed by atoms with van der Waals surface area (Å²) in [6.07, 6.45) is 2.89. The number of nitrogens with zero attached hydrogens (tertiary/aromatic N) is 2. The highest BCUT2D eigenvalue weighted by Crippen LogP contribution is 2.01. The van der Waals surface area contributed by atoms with Crippen LogP contribution in [0, 0.1) is 0 Å². The summed E-state index contributed by atoms with van der Waals surface area (Å²) in [5, 5.41) is 0. The Hall–Kier alpha value is -2.56. The molecule has 0 aliphatic carbocycles. The second-order valence-corrected chi connectivity index (χ2v) is 3.11. The fraction of sp³-hybridized carbons (Fsp3) is 0. The van der Waals surface area contributed by atoms with Crippen LogP contribution in [0.3, 0.4) is 0 Å². The topological polar surface area (TPSA) is 69.2 Å². The van der Waals surface area contributed by atoms with Crippen molar-refractivity contribution in [1.82, 2.24) is 9.97 Å². The minimum Gasteiger partial charge on any atom is -0.383 e. The highest BCUT2D eigenvalue weighted by molar-refractivity contribution is 6.00. The summed E-state index contributed by atoms with van der Waals surface area (Å²) >= 11 is 0. The van der Waals surface area contributed by atoms with E-state index in [2.05, 4.69) is 14.7 Å². The van der Waals surface area contributed by atoms with Crippen molar-refractivity contribution >= 4 is 11.9 Å². The van der Waals surface area contributed by atoms with E-state index in [9.17, 15) is 9.59 Å². The van der Waals surface area contributed by atoms with Crippen molar-refractivity contribution in [1.29, 1.82) is 0 Å². The minimum absolute atomic E-state index is 0.0804. The first-order valence-corrected chi connectivity index (χ1v) is 4.86. The van der Waals surface area contributed by atoms with E-state index in [-0.39, 0.29) is 11.4 Å². The summed E-state index contributed by atoms with van der Waals surface area (Å²) in [4.78, 5) is 30.5. The summed E-state index contributed by atoms with van der Waals surface area (Å²) in [5.41, 5.74) is 0.161. The van der Waals surface area contributed by atoms with Crippen molar-refractivity contribution in [3.05, 3.63) is 60.2 Å². The fourth-order valence-electron chi connectivity index (χ4n) is 1.16. The van der Waals surface area contributed by atoms with E-state index in [0.29, 0.717) is 0 Å². The van der Waals surface area contributed by atoms with Gasteiger partial charge >= 0.3 is 11.9 Å². The van der Waals surface area contributed by atoms with Gasteiger partial charge in [0.25, 0.3) is 0 Å². The molecule has 2 heterocycles. The largest absolute Gasteiger partial charge is 0.383 e. The van der Waals surface area contributed by atoms with Crippen LogP contribution in [0.15, 0.2) is 48.8 Å². The minimum atomic E-state index is -0.791. The lowest BCUT2D eigenvalue weighted by Gasteiger charge is -2.01. The molecule has 2 aromatic heterocycles. The molecule has 0 spiro atoms. The smallest absolute Gasteiger partial charge is 0.364 e. The molecule has 2 rings (SSSR count). The highest BCUT2D eigenvalue weighted by Gasteiger charge is 2.15. The molecule has 0 saturated heterocycles. The van der Waals surface area contributed by atoms with Crippen LogP contribution in [0.2, 0.25) is 0 Å². The highest BCUT2D eigenvalue weighted by atomic mass is 16.6. The van der Waals surface area contributed by atoms with Gasteiger partial charge in [0.2, 0.25) is 0 Å². The normalized spacial score (nSPS) is 9.65. The van der Waals surface area contributed by atoms with Gasteiger partial charge in [-0.15, -0.1) is 0 Å². The standard InChI is InChI=1S/C12H8N2O3/c15-11(9-5-1-3-7-13-9)17-12(16)10-6-2-4-8-14-10/h1-8H. The fourth-order valence-corrected chi connectivity index (χ4v) is 1.16. The molecule has 5 heteroatoms. The average Bonchev–Trinajstić information content (AvgIpc) is 2.40. The van der Waals surface area contributed by atoms with E-state index < -0.39 is 11.9 Å². The van der Waals surface area contributed by atoms with Crippen molar-refractivity contribution in [3.8, 4) is 0 Å². The van der Waals surface area contributed by atoms with Crippen molar-refractivity contribution in [2.24, 2.45) is 0 Å². The van der Waals surface area contributed by atoms with E-state index in [0.717, 1.165) is 0 Å². The van der Waals surface area contributed by atoms with Gasteiger partial charge in [-0.05, 0) is 24.3 Å². The average molecular weight is 228 g/mol. The molecule has 84 valence electrons. The van der Waals surface area contributed by atoms with Gasteiger partial charge in [-0.3, -0.25) is 0 Å². The van der Waals surface area contributed by atoms with Gasteiger partial charge in [-0.1, -0.05) is 12.1 Å². The van der Waals surface area contributed by atoms with Gasteiger partial charge in [0.1, 0.15) is 11.4 Å². The molecule has 0 atom stereocenters. The molecule has 0 fully saturated rings. The maximum Gasteiger partial charge on any atom is 0.364 e. The van der Waals surface area contributed by atoms with Crippen LogP contribution in [0.4, 0.5) is 0 Å². The van der Waals surface area contributed by atoms with E-state index in [1.807, 2.05) is 0 Å². The molecule has 0 amide bonds. The van der Waals surface area contributed by atoms with E-state index in [1.165, 1.54) is 24.5 Å². The Morgan fingerprint density at radius 2 is 1.29 bits per heavy atom. The number of esters is 2. The zero-order valence-corrected chi connectivity index (χ0v) is 8.74. The summed E-state index contributed by atoms with van der Waals surface area (Å²) in [5.74, 6) is -1.58. The summed E-state index contributed by atoms with van der Waals surface area (Å²) < 4.78 is 4.62. The number of hydrogen-bond acceptors (Lipinski definition) is 5. The summed E-state index contributed by atoms with van der Waals surface area (Å²) in [7, 11) is 0.